The molecule has 0 bridgehead atoms. The van der Waals surface area contributed by atoms with Crippen molar-refractivity contribution in [3.63, 3.8) is 0 Å². The Kier molecular flexibility index (Phi) is 3.35. The monoisotopic (exact) mass is 230 g/mol. The number of nitrogens with zero attached hydrogens (tertiary/aromatic N) is 3. The van der Waals surface area contributed by atoms with Gasteiger partial charge in [-0.15, -0.1) is 0 Å². The normalized spacial score (nSPS) is 24.9. The summed E-state index contributed by atoms with van der Waals surface area (Å²) in [5.74, 6) is 4.46. The Morgan fingerprint density at radius 3 is 3.07 bits per heavy atom. The Balaban J connectivity index is 2.07. The molecular formula is C8H14N4S2. The molecule has 2 unspecified atom stereocenters. The molecule has 0 radical (unpaired) electrons. The van der Waals surface area contributed by atoms with Crippen LogP contribution in [0.1, 0.15) is 11.9 Å². The van der Waals surface area contributed by atoms with Gasteiger partial charge in [0.15, 0.2) is 0 Å². The van der Waals surface area contributed by atoms with Gasteiger partial charge in [0.2, 0.25) is 0 Å². The summed E-state index contributed by atoms with van der Waals surface area (Å²) in [5, 5.41) is 4.53. The first-order valence-corrected chi connectivity index (χ1v) is 6.78. The molecule has 0 saturated carbocycles. The van der Waals surface area contributed by atoms with E-state index in [2.05, 4.69) is 10.1 Å². The van der Waals surface area contributed by atoms with Gasteiger partial charge in [-0.2, -0.15) is 28.6 Å². The van der Waals surface area contributed by atoms with E-state index in [9.17, 15) is 0 Å². The van der Waals surface area contributed by atoms with Crippen molar-refractivity contribution in [2.45, 2.75) is 11.3 Å². The second kappa shape index (κ2) is 4.55. The van der Waals surface area contributed by atoms with E-state index in [0.29, 0.717) is 5.25 Å². The average Bonchev–Trinajstić information content (AvgIpc) is 2.65. The molecular weight excluding hydrogens is 216 g/mol. The molecule has 1 aliphatic heterocycles. The third-order valence-corrected chi connectivity index (χ3v) is 5.17. The summed E-state index contributed by atoms with van der Waals surface area (Å²) in [6, 6.07) is 0.0142. The first-order chi connectivity index (χ1) is 6.79. The maximum atomic E-state index is 6.16. The van der Waals surface area contributed by atoms with E-state index in [-0.39, 0.29) is 6.04 Å². The molecule has 6 heteroatoms. The molecule has 1 aromatic rings. The number of aryl methyl sites for hydroxylation is 1. The average molecular weight is 230 g/mol. The van der Waals surface area contributed by atoms with Crippen LogP contribution < -0.4 is 5.73 Å². The van der Waals surface area contributed by atoms with E-state index in [1.165, 1.54) is 11.5 Å². The smallest absolute Gasteiger partial charge is 0.144 e. The van der Waals surface area contributed by atoms with Crippen molar-refractivity contribution in [1.29, 1.82) is 0 Å². The number of nitrogens with two attached hydrogens (primary N) is 1. The van der Waals surface area contributed by atoms with E-state index < -0.39 is 0 Å². The van der Waals surface area contributed by atoms with Crippen molar-refractivity contribution in [3.05, 3.63) is 12.2 Å². The molecule has 2 atom stereocenters. The van der Waals surface area contributed by atoms with Gasteiger partial charge in [0.05, 0.1) is 6.04 Å². The predicted octanol–water partition coefficient (Wildman–Crippen LogP) is 0.664. The van der Waals surface area contributed by atoms with Crippen molar-refractivity contribution in [3.8, 4) is 0 Å². The highest BCUT2D eigenvalue weighted by Crippen LogP contribution is 2.31. The Bertz CT molecular complexity index is 295. The van der Waals surface area contributed by atoms with Gasteiger partial charge in [0.25, 0.3) is 0 Å². The molecule has 1 aromatic heterocycles. The molecule has 0 amide bonds. The summed E-state index contributed by atoms with van der Waals surface area (Å²) in [6.45, 7) is 0. The van der Waals surface area contributed by atoms with Crippen molar-refractivity contribution >= 4 is 23.5 Å². The van der Waals surface area contributed by atoms with Gasteiger partial charge < -0.3 is 5.73 Å². The molecule has 0 aromatic carbocycles. The SMILES string of the molecule is Cn1ncnc1C(N)C1CSCCS1. The second-order valence-electron chi connectivity index (χ2n) is 3.25. The van der Waals surface area contributed by atoms with Crippen molar-refractivity contribution in [1.82, 2.24) is 14.8 Å². The van der Waals surface area contributed by atoms with Gasteiger partial charge in [-0.25, -0.2) is 4.98 Å². The highest BCUT2D eigenvalue weighted by atomic mass is 32.2. The maximum absolute atomic E-state index is 6.16. The number of aromatic nitrogens is 3. The number of hydrogen-bond acceptors (Lipinski definition) is 5. The van der Waals surface area contributed by atoms with E-state index in [1.807, 2.05) is 30.6 Å². The minimum atomic E-state index is 0.0142. The first-order valence-electron chi connectivity index (χ1n) is 4.58. The molecule has 0 aliphatic carbocycles. The molecule has 2 heterocycles. The van der Waals surface area contributed by atoms with Crippen LogP contribution in [0.4, 0.5) is 0 Å². The Morgan fingerprint density at radius 2 is 2.50 bits per heavy atom. The predicted molar refractivity (Wildman–Crippen MR) is 61.5 cm³/mol. The lowest BCUT2D eigenvalue weighted by Crippen LogP contribution is -2.31. The minimum absolute atomic E-state index is 0.0142. The Morgan fingerprint density at radius 1 is 1.64 bits per heavy atom. The second-order valence-corrected chi connectivity index (χ2v) is 5.75. The van der Waals surface area contributed by atoms with Crippen LogP contribution in [0.15, 0.2) is 6.33 Å². The van der Waals surface area contributed by atoms with Crippen LogP contribution in [0.25, 0.3) is 0 Å². The zero-order valence-corrected chi connectivity index (χ0v) is 9.72. The molecule has 14 heavy (non-hydrogen) atoms. The quantitative estimate of drug-likeness (QED) is 0.809. The Hall–Kier alpha value is -0.200. The number of thioether (sulfide) groups is 2. The van der Waals surface area contributed by atoms with Gasteiger partial charge in [-0.05, 0) is 0 Å². The molecule has 4 nitrogen and oxygen atoms in total. The van der Waals surface area contributed by atoms with E-state index in [1.54, 1.807) is 11.0 Å². The van der Waals surface area contributed by atoms with Crippen LogP contribution in [0.3, 0.4) is 0 Å². The lowest BCUT2D eigenvalue weighted by atomic mass is 10.2. The summed E-state index contributed by atoms with van der Waals surface area (Å²) in [5.41, 5.74) is 6.16. The van der Waals surface area contributed by atoms with E-state index in [4.69, 9.17) is 5.73 Å². The molecule has 2 N–H and O–H groups in total. The molecule has 1 fully saturated rings. The van der Waals surface area contributed by atoms with Crippen molar-refractivity contribution < 1.29 is 0 Å². The fourth-order valence-electron chi connectivity index (χ4n) is 1.49. The van der Waals surface area contributed by atoms with Gasteiger partial charge >= 0.3 is 0 Å². The van der Waals surface area contributed by atoms with Gasteiger partial charge in [-0.3, -0.25) is 4.68 Å². The first kappa shape index (κ1) is 10.3. The third-order valence-electron chi connectivity index (χ3n) is 2.29. The van der Waals surface area contributed by atoms with Crippen LogP contribution in [-0.2, 0) is 7.05 Å². The zero-order chi connectivity index (χ0) is 9.97. The van der Waals surface area contributed by atoms with Crippen molar-refractivity contribution in [2.24, 2.45) is 12.8 Å². The maximum Gasteiger partial charge on any atom is 0.144 e. The zero-order valence-electron chi connectivity index (χ0n) is 8.09. The van der Waals surface area contributed by atoms with E-state index in [0.717, 1.165) is 11.6 Å². The standard InChI is InChI=1S/C8H14N4S2/c1-12-8(10-5-11-12)7(9)6-4-13-2-3-14-6/h5-7H,2-4,9H2,1H3. The molecule has 2 rings (SSSR count). The van der Waals surface area contributed by atoms with Crippen LogP contribution in [0, 0.1) is 0 Å². The largest absolute Gasteiger partial charge is 0.320 e. The minimum Gasteiger partial charge on any atom is -0.320 e. The molecule has 1 aliphatic rings. The van der Waals surface area contributed by atoms with Crippen LogP contribution >= 0.6 is 23.5 Å². The van der Waals surface area contributed by atoms with Gasteiger partial charge in [-0.1, -0.05) is 0 Å². The molecule has 1 saturated heterocycles. The summed E-state index contributed by atoms with van der Waals surface area (Å²) in [7, 11) is 1.89. The summed E-state index contributed by atoms with van der Waals surface area (Å²) in [6.07, 6.45) is 1.57. The fraction of sp³-hybridized carbons (Fsp3) is 0.750. The number of rotatable bonds is 2. The van der Waals surface area contributed by atoms with Crippen LogP contribution in [0.5, 0.6) is 0 Å². The molecule has 78 valence electrons. The Labute approximate surface area is 92.0 Å². The van der Waals surface area contributed by atoms with Gasteiger partial charge in [0.1, 0.15) is 12.2 Å². The lowest BCUT2D eigenvalue weighted by Gasteiger charge is -2.25. The fourth-order valence-corrected chi connectivity index (χ4v) is 4.25. The van der Waals surface area contributed by atoms with Gasteiger partial charge in [0, 0.05) is 29.6 Å². The van der Waals surface area contributed by atoms with E-state index >= 15 is 0 Å². The lowest BCUT2D eigenvalue weighted by molar-refractivity contribution is 0.601. The third kappa shape index (κ3) is 2.07. The highest BCUT2D eigenvalue weighted by Gasteiger charge is 2.25. The summed E-state index contributed by atoms with van der Waals surface area (Å²) < 4.78 is 1.77. The summed E-state index contributed by atoms with van der Waals surface area (Å²) in [4.78, 5) is 4.20. The van der Waals surface area contributed by atoms with Crippen LogP contribution in [-0.4, -0.2) is 37.3 Å². The number of hydrogen-bond donors (Lipinski definition) is 1. The van der Waals surface area contributed by atoms with Crippen molar-refractivity contribution in [2.75, 3.05) is 17.3 Å². The highest BCUT2D eigenvalue weighted by molar-refractivity contribution is 8.06. The topological polar surface area (TPSA) is 56.7 Å². The molecule has 0 spiro atoms. The summed E-state index contributed by atoms with van der Waals surface area (Å²) >= 11 is 3.93. The van der Waals surface area contributed by atoms with Crippen LogP contribution in [0.2, 0.25) is 0 Å².